The molecule has 0 aliphatic carbocycles. The smallest absolute Gasteiger partial charge is 0.309 e. The zero-order valence-electron chi connectivity index (χ0n) is 17.8. The molecular weight excluding hydrogens is 399 g/mol. The van der Waals surface area contributed by atoms with Gasteiger partial charge in [0.1, 0.15) is 5.82 Å². The molecule has 0 radical (unpaired) electrons. The number of benzene rings is 2. The van der Waals surface area contributed by atoms with Crippen molar-refractivity contribution in [1.29, 1.82) is 0 Å². The molecule has 31 heavy (non-hydrogen) atoms. The first-order chi connectivity index (χ1) is 14.8. The lowest BCUT2D eigenvalue weighted by Crippen LogP contribution is -2.42. The Hall–Kier alpha value is -3.22. The fourth-order valence-corrected chi connectivity index (χ4v) is 3.66. The van der Waals surface area contributed by atoms with E-state index in [-0.39, 0.29) is 17.7 Å². The summed E-state index contributed by atoms with van der Waals surface area (Å²) >= 11 is 0. The van der Waals surface area contributed by atoms with Gasteiger partial charge in [-0.2, -0.15) is 0 Å². The Kier molecular flexibility index (Phi) is 7.39. The van der Waals surface area contributed by atoms with Crippen LogP contribution in [0, 0.1) is 11.7 Å². The van der Waals surface area contributed by atoms with E-state index in [0.29, 0.717) is 38.0 Å². The maximum absolute atomic E-state index is 13.0. The minimum absolute atomic E-state index is 0.183. The highest BCUT2D eigenvalue weighted by molar-refractivity contribution is 5.94. The quantitative estimate of drug-likeness (QED) is 0.665. The summed E-state index contributed by atoms with van der Waals surface area (Å²) in [7, 11) is 1.68. The van der Waals surface area contributed by atoms with Crippen LogP contribution in [0.1, 0.15) is 35.7 Å². The Morgan fingerprint density at radius 1 is 1.06 bits per heavy atom. The number of rotatable bonds is 6. The van der Waals surface area contributed by atoms with Crippen molar-refractivity contribution in [3.8, 4) is 0 Å². The van der Waals surface area contributed by atoms with Crippen LogP contribution in [0.2, 0.25) is 0 Å². The predicted molar refractivity (Wildman–Crippen MR) is 113 cm³/mol. The molecule has 1 aliphatic heterocycles. The number of carbonyl (C=O) groups is 3. The van der Waals surface area contributed by atoms with E-state index in [1.807, 2.05) is 30.3 Å². The summed E-state index contributed by atoms with van der Waals surface area (Å²) in [4.78, 5) is 40.8. The van der Waals surface area contributed by atoms with Gasteiger partial charge in [-0.3, -0.25) is 14.4 Å². The van der Waals surface area contributed by atoms with E-state index < -0.39 is 17.9 Å². The lowest BCUT2D eigenvalue weighted by atomic mass is 9.96. The predicted octanol–water partition coefficient (Wildman–Crippen LogP) is 3.27. The Balaban J connectivity index is 1.47. The van der Waals surface area contributed by atoms with Gasteiger partial charge < -0.3 is 14.5 Å². The molecule has 0 bridgehead atoms. The molecule has 6 nitrogen and oxygen atoms in total. The Bertz CT molecular complexity index is 909. The summed E-state index contributed by atoms with van der Waals surface area (Å²) in [6, 6.07) is 15.0. The zero-order valence-corrected chi connectivity index (χ0v) is 17.8. The summed E-state index contributed by atoms with van der Waals surface area (Å²) in [5.74, 6) is -1.61. The number of nitrogens with zero attached hydrogens (tertiary/aromatic N) is 2. The summed E-state index contributed by atoms with van der Waals surface area (Å²) < 4.78 is 18.5. The largest absolute Gasteiger partial charge is 0.452 e. The van der Waals surface area contributed by atoms with Crippen LogP contribution in [0.25, 0.3) is 0 Å². The van der Waals surface area contributed by atoms with Crippen LogP contribution in [-0.2, 0) is 20.9 Å². The van der Waals surface area contributed by atoms with Crippen molar-refractivity contribution in [3.63, 3.8) is 0 Å². The fourth-order valence-electron chi connectivity index (χ4n) is 3.66. The van der Waals surface area contributed by atoms with Gasteiger partial charge in [-0.15, -0.1) is 0 Å². The highest BCUT2D eigenvalue weighted by Gasteiger charge is 2.31. The minimum Gasteiger partial charge on any atom is -0.452 e. The second-order valence-corrected chi connectivity index (χ2v) is 7.83. The third-order valence-corrected chi connectivity index (χ3v) is 5.49. The molecule has 164 valence electrons. The van der Waals surface area contributed by atoms with Crippen molar-refractivity contribution in [1.82, 2.24) is 9.80 Å². The molecule has 1 heterocycles. The Morgan fingerprint density at radius 2 is 1.68 bits per heavy atom. The molecule has 2 aromatic rings. The van der Waals surface area contributed by atoms with E-state index >= 15 is 0 Å². The number of amides is 2. The maximum atomic E-state index is 13.0. The molecule has 0 saturated carbocycles. The van der Waals surface area contributed by atoms with Crippen molar-refractivity contribution in [2.75, 3.05) is 20.1 Å². The SMILES string of the molecule is C[C@@H](OC(=O)C1CCN(C(=O)c2ccc(F)cc2)CC1)C(=O)N(C)Cc1ccccc1. The summed E-state index contributed by atoms with van der Waals surface area (Å²) in [5, 5.41) is 0. The van der Waals surface area contributed by atoms with E-state index in [0.717, 1.165) is 5.56 Å². The zero-order chi connectivity index (χ0) is 22.4. The van der Waals surface area contributed by atoms with Crippen LogP contribution in [0.5, 0.6) is 0 Å². The third kappa shape index (κ3) is 5.90. The van der Waals surface area contributed by atoms with Crippen molar-refractivity contribution >= 4 is 17.8 Å². The summed E-state index contributed by atoms with van der Waals surface area (Å²) in [5.41, 5.74) is 1.41. The van der Waals surface area contributed by atoms with Crippen molar-refractivity contribution in [2.24, 2.45) is 5.92 Å². The number of hydrogen-bond acceptors (Lipinski definition) is 4. The van der Waals surface area contributed by atoms with E-state index in [9.17, 15) is 18.8 Å². The number of piperidine rings is 1. The Labute approximate surface area is 181 Å². The van der Waals surface area contributed by atoms with Gasteiger partial charge in [0.05, 0.1) is 5.92 Å². The normalized spacial score (nSPS) is 15.3. The number of likely N-dealkylation sites (tertiary alicyclic amines) is 1. The van der Waals surface area contributed by atoms with E-state index in [1.54, 1.807) is 18.9 Å². The number of hydrogen-bond donors (Lipinski definition) is 0. The van der Waals surface area contributed by atoms with E-state index in [1.165, 1.54) is 29.2 Å². The lowest BCUT2D eigenvalue weighted by molar-refractivity contribution is -0.163. The third-order valence-electron chi connectivity index (χ3n) is 5.49. The molecule has 0 spiro atoms. The van der Waals surface area contributed by atoms with Gasteiger partial charge in [0.25, 0.3) is 11.8 Å². The first-order valence-electron chi connectivity index (χ1n) is 10.4. The lowest BCUT2D eigenvalue weighted by Gasteiger charge is -2.31. The molecule has 3 rings (SSSR count). The average Bonchev–Trinajstić information content (AvgIpc) is 2.79. The summed E-state index contributed by atoms with van der Waals surface area (Å²) in [6.07, 6.45) is 0.0547. The van der Waals surface area contributed by atoms with Crippen LogP contribution in [0.3, 0.4) is 0 Å². The van der Waals surface area contributed by atoms with Crippen LogP contribution < -0.4 is 0 Å². The first kappa shape index (κ1) is 22.5. The van der Waals surface area contributed by atoms with Gasteiger partial charge in [-0.05, 0) is 49.6 Å². The van der Waals surface area contributed by atoms with Crippen LogP contribution in [0.15, 0.2) is 54.6 Å². The molecule has 0 unspecified atom stereocenters. The van der Waals surface area contributed by atoms with Gasteiger partial charge in [-0.25, -0.2) is 4.39 Å². The van der Waals surface area contributed by atoms with Crippen molar-refractivity contribution < 1.29 is 23.5 Å². The maximum Gasteiger partial charge on any atom is 0.309 e. The standard InChI is InChI=1S/C24H27FN2O4/c1-17(22(28)26(2)16-18-6-4-3-5-7-18)31-24(30)20-12-14-27(15-13-20)23(29)19-8-10-21(25)11-9-19/h3-11,17,20H,12-16H2,1-2H3/t17-/m1/s1. The molecule has 0 N–H and O–H groups in total. The summed E-state index contributed by atoms with van der Waals surface area (Å²) in [6.45, 7) is 2.83. The fraction of sp³-hybridized carbons (Fsp3) is 0.375. The first-order valence-corrected chi connectivity index (χ1v) is 10.4. The molecule has 1 atom stereocenters. The molecular formula is C24H27FN2O4. The number of esters is 1. The molecule has 1 saturated heterocycles. The minimum atomic E-state index is -0.875. The van der Waals surface area contributed by atoms with E-state index in [2.05, 4.69) is 0 Å². The van der Waals surface area contributed by atoms with Gasteiger partial charge in [-0.1, -0.05) is 30.3 Å². The molecule has 2 aromatic carbocycles. The highest BCUT2D eigenvalue weighted by atomic mass is 19.1. The average molecular weight is 426 g/mol. The number of carbonyl (C=O) groups excluding carboxylic acids is 3. The monoisotopic (exact) mass is 426 g/mol. The second-order valence-electron chi connectivity index (χ2n) is 7.83. The topological polar surface area (TPSA) is 66.9 Å². The molecule has 0 aromatic heterocycles. The van der Waals surface area contributed by atoms with Crippen molar-refractivity contribution in [3.05, 3.63) is 71.5 Å². The number of ether oxygens (including phenoxy) is 1. The van der Waals surface area contributed by atoms with Crippen LogP contribution in [0.4, 0.5) is 4.39 Å². The van der Waals surface area contributed by atoms with Gasteiger partial charge in [0.2, 0.25) is 0 Å². The highest BCUT2D eigenvalue weighted by Crippen LogP contribution is 2.21. The van der Waals surface area contributed by atoms with Gasteiger partial charge >= 0.3 is 5.97 Å². The molecule has 1 fully saturated rings. The van der Waals surface area contributed by atoms with E-state index in [4.69, 9.17) is 4.74 Å². The Morgan fingerprint density at radius 3 is 2.29 bits per heavy atom. The molecule has 2 amide bonds. The van der Waals surface area contributed by atoms with Crippen LogP contribution in [-0.4, -0.2) is 53.8 Å². The number of likely N-dealkylation sites (N-methyl/N-ethyl adjacent to an activating group) is 1. The number of halogens is 1. The van der Waals surface area contributed by atoms with Crippen molar-refractivity contribution in [2.45, 2.75) is 32.4 Å². The van der Waals surface area contributed by atoms with Gasteiger partial charge in [0, 0.05) is 32.2 Å². The van der Waals surface area contributed by atoms with Gasteiger partial charge in [0.15, 0.2) is 6.10 Å². The molecule has 1 aliphatic rings. The van der Waals surface area contributed by atoms with Crippen LogP contribution >= 0.6 is 0 Å². The molecule has 7 heteroatoms. The second kappa shape index (κ2) is 10.2.